The number of para-hydroxylation sites is 1. The van der Waals surface area contributed by atoms with E-state index in [4.69, 9.17) is 4.74 Å². The lowest BCUT2D eigenvalue weighted by Crippen LogP contribution is -2.60. The number of nitrogens with zero attached hydrogens (tertiary/aromatic N) is 2. The quantitative estimate of drug-likeness (QED) is 0.199. The molecular formula is C36H34N2O3. The van der Waals surface area contributed by atoms with Crippen LogP contribution in [0.1, 0.15) is 49.4 Å². The van der Waals surface area contributed by atoms with Crippen molar-refractivity contribution in [2.75, 3.05) is 11.4 Å². The van der Waals surface area contributed by atoms with Gasteiger partial charge < -0.3 is 4.74 Å². The Morgan fingerprint density at radius 1 is 0.707 bits per heavy atom. The van der Waals surface area contributed by atoms with Crippen molar-refractivity contribution in [2.45, 2.75) is 43.9 Å². The van der Waals surface area contributed by atoms with Gasteiger partial charge in [-0.15, -0.1) is 0 Å². The highest BCUT2D eigenvalue weighted by molar-refractivity contribution is 6.11. The molecule has 2 aliphatic rings. The number of hydrogen-bond acceptors (Lipinski definition) is 3. The maximum Gasteiger partial charge on any atom is 0.411 e. The molecule has 5 heteroatoms. The third kappa shape index (κ3) is 4.15. The first-order valence-electron chi connectivity index (χ1n) is 14.1. The van der Waals surface area contributed by atoms with Gasteiger partial charge in [-0.05, 0) is 43.5 Å². The molecule has 2 aliphatic heterocycles. The largest absolute Gasteiger partial charge is 0.444 e. The van der Waals surface area contributed by atoms with E-state index in [-0.39, 0.29) is 12.5 Å². The van der Waals surface area contributed by atoms with Gasteiger partial charge in [0.1, 0.15) is 11.1 Å². The second-order valence-electron chi connectivity index (χ2n) is 11.6. The Hall–Kier alpha value is -4.64. The zero-order chi connectivity index (χ0) is 28.7. The first kappa shape index (κ1) is 26.6. The normalized spacial score (nSPS) is 18.5. The minimum absolute atomic E-state index is 0.162. The van der Waals surface area contributed by atoms with Crippen molar-refractivity contribution in [1.82, 2.24) is 4.90 Å². The molecule has 0 saturated heterocycles. The fraction of sp³-hybridized carbons (Fsp3) is 0.222. The number of ether oxygens (including phenoxy) is 1. The number of carbonyl (C=O) groups excluding carboxylic acids is 2. The Morgan fingerprint density at radius 3 is 1.71 bits per heavy atom. The summed E-state index contributed by atoms with van der Waals surface area (Å²) in [6, 6.07) is 38.4. The minimum atomic E-state index is -1.25. The van der Waals surface area contributed by atoms with E-state index in [9.17, 15) is 4.79 Å². The number of anilines is 1. The highest BCUT2D eigenvalue weighted by atomic mass is 16.6. The molecule has 1 atom stereocenters. The third-order valence-electron chi connectivity index (χ3n) is 8.00. The van der Waals surface area contributed by atoms with Crippen LogP contribution in [0, 0.1) is 0 Å². The summed E-state index contributed by atoms with van der Waals surface area (Å²) in [5.74, 6) is -0.162. The summed E-state index contributed by atoms with van der Waals surface area (Å²) in [4.78, 5) is 32.8. The Balaban J connectivity index is 1.67. The molecule has 5 nitrogen and oxygen atoms in total. The van der Waals surface area contributed by atoms with Crippen LogP contribution >= 0.6 is 0 Å². The van der Waals surface area contributed by atoms with Gasteiger partial charge in [-0.3, -0.25) is 14.6 Å². The first-order valence-corrected chi connectivity index (χ1v) is 14.1. The maximum atomic E-state index is 15.4. The average molecular weight is 543 g/mol. The summed E-state index contributed by atoms with van der Waals surface area (Å²) in [6.45, 7) is 5.82. The number of carbonyl (C=O) groups is 2. The molecule has 0 saturated carbocycles. The van der Waals surface area contributed by atoms with Crippen LogP contribution < -0.4 is 4.90 Å². The molecule has 41 heavy (non-hydrogen) atoms. The Kier molecular flexibility index (Phi) is 6.53. The first-order chi connectivity index (χ1) is 19.8. The molecule has 0 radical (unpaired) electrons. The van der Waals surface area contributed by atoms with Crippen LogP contribution in [0.2, 0.25) is 0 Å². The van der Waals surface area contributed by atoms with E-state index in [1.807, 2.05) is 117 Å². The number of rotatable bonds is 4. The average Bonchev–Trinajstić information content (AvgIpc) is 3.23. The van der Waals surface area contributed by atoms with Crippen molar-refractivity contribution >= 4 is 17.7 Å². The second-order valence-corrected chi connectivity index (χ2v) is 11.6. The van der Waals surface area contributed by atoms with E-state index >= 15 is 4.79 Å². The Morgan fingerprint density at radius 2 is 1.20 bits per heavy atom. The SMILES string of the molecule is CC(C)(C)OC(=O)N1CC=CC[C@]12C(=O)N(C(c1ccccc1)(c1ccccc1)c1ccccc1)c1ccccc12. The summed E-state index contributed by atoms with van der Waals surface area (Å²) in [5.41, 5.74) is 1.46. The van der Waals surface area contributed by atoms with E-state index in [0.29, 0.717) is 6.42 Å². The maximum absolute atomic E-state index is 15.4. The minimum Gasteiger partial charge on any atom is -0.444 e. The molecule has 206 valence electrons. The summed E-state index contributed by atoms with van der Waals surface area (Å²) < 4.78 is 5.88. The van der Waals surface area contributed by atoms with Crippen molar-refractivity contribution in [3.63, 3.8) is 0 Å². The number of benzene rings is 4. The third-order valence-corrected chi connectivity index (χ3v) is 8.00. The number of amides is 2. The number of fused-ring (bicyclic) bond motifs is 2. The van der Waals surface area contributed by atoms with Gasteiger partial charge in [-0.25, -0.2) is 4.79 Å². The van der Waals surface area contributed by atoms with Gasteiger partial charge in [0, 0.05) is 18.5 Å². The van der Waals surface area contributed by atoms with Gasteiger partial charge in [0.15, 0.2) is 5.54 Å². The summed E-state index contributed by atoms with van der Waals surface area (Å²) in [7, 11) is 0. The van der Waals surface area contributed by atoms with Crippen LogP contribution in [-0.2, 0) is 20.6 Å². The lowest BCUT2D eigenvalue weighted by Gasteiger charge is -2.46. The molecular weight excluding hydrogens is 508 g/mol. The van der Waals surface area contributed by atoms with Crippen LogP contribution in [0.4, 0.5) is 10.5 Å². The highest BCUT2D eigenvalue weighted by Crippen LogP contribution is 2.55. The molecule has 0 fully saturated rings. The second kappa shape index (κ2) is 10.1. The van der Waals surface area contributed by atoms with Crippen LogP contribution in [0.5, 0.6) is 0 Å². The smallest absolute Gasteiger partial charge is 0.411 e. The molecule has 0 aromatic heterocycles. The van der Waals surface area contributed by atoms with Gasteiger partial charge in [0.25, 0.3) is 5.91 Å². The fourth-order valence-electron chi connectivity index (χ4n) is 6.39. The Bertz CT molecular complexity index is 1500. The molecule has 2 heterocycles. The molecule has 0 bridgehead atoms. The molecule has 6 rings (SSSR count). The lowest BCUT2D eigenvalue weighted by atomic mass is 9.75. The predicted molar refractivity (Wildman–Crippen MR) is 162 cm³/mol. The predicted octanol–water partition coefficient (Wildman–Crippen LogP) is 7.42. The zero-order valence-electron chi connectivity index (χ0n) is 23.7. The van der Waals surface area contributed by atoms with E-state index < -0.39 is 22.8 Å². The molecule has 0 aliphatic carbocycles. The van der Waals surface area contributed by atoms with E-state index in [1.165, 1.54) is 0 Å². The standard InChI is InChI=1S/C36H34N2O3/c1-34(2,3)41-33(40)37-26-16-15-25-35(37)30-23-13-14-24-31(30)38(32(35)39)36(27-17-7-4-8-18-27,28-19-9-5-10-20-28)29-21-11-6-12-22-29/h4-24H,25-26H2,1-3H3/t35-/m0/s1. The van der Waals surface area contributed by atoms with Crippen molar-refractivity contribution in [3.8, 4) is 0 Å². The van der Waals surface area contributed by atoms with Gasteiger partial charge >= 0.3 is 6.09 Å². The van der Waals surface area contributed by atoms with Gasteiger partial charge in [-0.1, -0.05) is 121 Å². The van der Waals surface area contributed by atoms with Gasteiger partial charge in [-0.2, -0.15) is 0 Å². The van der Waals surface area contributed by atoms with Crippen molar-refractivity contribution in [3.05, 3.63) is 150 Å². The molecule has 1 spiro atoms. The summed E-state index contributed by atoms with van der Waals surface area (Å²) >= 11 is 0. The van der Waals surface area contributed by atoms with Gasteiger partial charge in [0.2, 0.25) is 0 Å². The number of hydrogen-bond donors (Lipinski definition) is 0. The lowest BCUT2D eigenvalue weighted by molar-refractivity contribution is -0.131. The zero-order valence-corrected chi connectivity index (χ0v) is 23.7. The highest BCUT2D eigenvalue weighted by Gasteiger charge is 2.62. The fourth-order valence-corrected chi connectivity index (χ4v) is 6.39. The summed E-state index contributed by atoms with van der Waals surface area (Å²) in [6.07, 6.45) is 3.80. The van der Waals surface area contributed by atoms with Crippen LogP contribution in [0.3, 0.4) is 0 Å². The van der Waals surface area contributed by atoms with Crippen molar-refractivity contribution in [2.24, 2.45) is 0 Å². The van der Waals surface area contributed by atoms with Crippen LogP contribution in [0.25, 0.3) is 0 Å². The van der Waals surface area contributed by atoms with Crippen LogP contribution in [-0.4, -0.2) is 29.0 Å². The van der Waals surface area contributed by atoms with E-state index in [0.717, 1.165) is 27.9 Å². The van der Waals surface area contributed by atoms with E-state index in [2.05, 4.69) is 36.4 Å². The summed E-state index contributed by atoms with van der Waals surface area (Å²) in [5, 5.41) is 0. The molecule has 0 N–H and O–H groups in total. The molecule has 0 unspecified atom stereocenters. The molecule has 4 aromatic carbocycles. The topological polar surface area (TPSA) is 49.9 Å². The molecule has 4 aromatic rings. The molecule has 2 amide bonds. The van der Waals surface area contributed by atoms with Gasteiger partial charge in [0.05, 0.1) is 5.69 Å². The van der Waals surface area contributed by atoms with E-state index in [1.54, 1.807) is 4.90 Å². The monoisotopic (exact) mass is 542 g/mol. The van der Waals surface area contributed by atoms with Crippen molar-refractivity contribution in [1.29, 1.82) is 0 Å². The van der Waals surface area contributed by atoms with Crippen LogP contribution in [0.15, 0.2) is 127 Å². The van der Waals surface area contributed by atoms with Crippen molar-refractivity contribution < 1.29 is 14.3 Å². The Labute approximate surface area is 241 Å².